The predicted octanol–water partition coefficient (Wildman–Crippen LogP) is 2.97. The van der Waals surface area contributed by atoms with Crippen LogP contribution in [0.4, 0.5) is 0 Å². The highest BCUT2D eigenvalue weighted by molar-refractivity contribution is 14.0. The highest BCUT2D eigenvalue weighted by Crippen LogP contribution is 2.19. The minimum absolute atomic E-state index is 0. The maximum atomic E-state index is 5.62. The van der Waals surface area contributed by atoms with E-state index >= 15 is 0 Å². The molecule has 0 saturated heterocycles. The van der Waals surface area contributed by atoms with E-state index in [4.69, 9.17) is 4.42 Å². The maximum Gasteiger partial charge on any atom is 0.226 e. The van der Waals surface area contributed by atoms with Crippen LogP contribution in [0.2, 0.25) is 0 Å². The minimum Gasteiger partial charge on any atom is -0.444 e. The number of aliphatic imine (C=N–C) groups is 1. The molecular weight excluding hydrogens is 493 g/mol. The van der Waals surface area contributed by atoms with Crippen LogP contribution in [-0.2, 0) is 13.6 Å². The molecule has 0 amide bonds. The van der Waals surface area contributed by atoms with Crippen LogP contribution in [0.15, 0.2) is 52.3 Å². The van der Waals surface area contributed by atoms with Gasteiger partial charge < -0.3 is 20.0 Å². The summed E-state index contributed by atoms with van der Waals surface area (Å²) in [7, 11) is 7.78. The Bertz CT molecular complexity index is 946. The van der Waals surface area contributed by atoms with Crippen molar-refractivity contribution in [1.29, 1.82) is 0 Å². The number of hydrogen-bond acceptors (Lipinski definition) is 5. The first-order chi connectivity index (χ1) is 14.0. The Morgan fingerprint density at radius 2 is 1.97 bits per heavy atom. The molecular formula is C21H30IN7O. The summed E-state index contributed by atoms with van der Waals surface area (Å²) >= 11 is 0. The second-order valence-electron chi connectivity index (χ2n) is 7.24. The van der Waals surface area contributed by atoms with Crippen molar-refractivity contribution in [3.63, 3.8) is 0 Å². The van der Waals surface area contributed by atoms with Crippen LogP contribution in [-0.4, -0.2) is 53.3 Å². The molecule has 1 atom stereocenters. The van der Waals surface area contributed by atoms with Gasteiger partial charge >= 0.3 is 0 Å². The number of nitrogens with one attached hydrogen (secondary N) is 2. The van der Waals surface area contributed by atoms with E-state index in [-0.39, 0.29) is 30.0 Å². The van der Waals surface area contributed by atoms with E-state index in [1.54, 1.807) is 13.3 Å². The van der Waals surface area contributed by atoms with Gasteiger partial charge in [0.25, 0.3) is 0 Å². The van der Waals surface area contributed by atoms with Gasteiger partial charge in [0.2, 0.25) is 5.89 Å². The van der Waals surface area contributed by atoms with Crippen LogP contribution in [0.1, 0.15) is 22.9 Å². The van der Waals surface area contributed by atoms with Crippen molar-refractivity contribution in [3.05, 3.63) is 59.7 Å². The van der Waals surface area contributed by atoms with Crippen molar-refractivity contribution in [2.24, 2.45) is 12.0 Å². The fourth-order valence-electron chi connectivity index (χ4n) is 3.02. The maximum absolute atomic E-state index is 5.62. The highest BCUT2D eigenvalue weighted by atomic mass is 127. The molecule has 1 aromatic carbocycles. The molecule has 0 aliphatic heterocycles. The summed E-state index contributed by atoms with van der Waals surface area (Å²) < 4.78 is 7.43. The standard InChI is InChI=1S/C21H29N7O.HI/c1-15-6-8-16(9-7-15)20-26-18(14-29-20)11-23-21(22-2)24-12-19(27(3)4)17-10-25-28(5)13-17;/h6-10,13-14,19H,11-12H2,1-5H3,(H2,22,23,24);1H. The average Bonchev–Trinajstić information content (AvgIpc) is 3.34. The summed E-state index contributed by atoms with van der Waals surface area (Å²) in [5, 5.41) is 10.9. The topological polar surface area (TPSA) is 83.5 Å². The van der Waals surface area contributed by atoms with Gasteiger partial charge in [0.1, 0.15) is 6.26 Å². The molecule has 0 bridgehead atoms. The first kappa shape index (κ1) is 23.9. The van der Waals surface area contributed by atoms with Gasteiger partial charge in [0.05, 0.1) is 24.5 Å². The molecule has 0 aliphatic rings. The number of likely N-dealkylation sites (N-methyl/N-ethyl adjacent to an activating group) is 1. The van der Waals surface area contributed by atoms with Crippen molar-refractivity contribution >= 4 is 29.9 Å². The Morgan fingerprint density at radius 1 is 1.23 bits per heavy atom. The number of nitrogens with zero attached hydrogens (tertiary/aromatic N) is 5. The van der Waals surface area contributed by atoms with Gasteiger partial charge in [-0.1, -0.05) is 17.7 Å². The molecule has 2 heterocycles. The van der Waals surface area contributed by atoms with E-state index < -0.39 is 0 Å². The van der Waals surface area contributed by atoms with Crippen molar-refractivity contribution in [2.75, 3.05) is 27.7 Å². The lowest BCUT2D eigenvalue weighted by Gasteiger charge is -2.24. The third-order valence-electron chi connectivity index (χ3n) is 4.71. The largest absolute Gasteiger partial charge is 0.444 e. The fourth-order valence-corrected chi connectivity index (χ4v) is 3.02. The second kappa shape index (κ2) is 11.1. The number of aryl methyl sites for hydroxylation is 2. The van der Waals surface area contributed by atoms with Crippen LogP contribution < -0.4 is 10.6 Å². The zero-order chi connectivity index (χ0) is 20.8. The Balaban J connectivity index is 0.00000320. The molecule has 8 nitrogen and oxygen atoms in total. The van der Waals surface area contributed by atoms with Gasteiger partial charge in [-0.15, -0.1) is 24.0 Å². The van der Waals surface area contributed by atoms with Crippen LogP contribution in [0.3, 0.4) is 0 Å². The molecule has 1 unspecified atom stereocenters. The van der Waals surface area contributed by atoms with E-state index in [9.17, 15) is 0 Å². The lowest BCUT2D eigenvalue weighted by atomic mass is 10.1. The Kier molecular flexibility index (Phi) is 8.85. The summed E-state index contributed by atoms with van der Waals surface area (Å²) in [4.78, 5) is 11.0. The van der Waals surface area contributed by atoms with Gasteiger partial charge in [0, 0.05) is 38.0 Å². The molecule has 3 rings (SSSR count). The molecule has 0 spiro atoms. The smallest absolute Gasteiger partial charge is 0.226 e. The fraction of sp³-hybridized carbons (Fsp3) is 0.381. The van der Waals surface area contributed by atoms with Crippen LogP contribution >= 0.6 is 24.0 Å². The van der Waals surface area contributed by atoms with Gasteiger partial charge in [-0.3, -0.25) is 9.67 Å². The van der Waals surface area contributed by atoms with Crippen LogP contribution in [0, 0.1) is 6.92 Å². The number of guanidine groups is 1. The van der Waals surface area contributed by atoms with Crippen molar-refractivity contribution < 1.29 is 4.42 Å². The molecule has 2 N–H and O–H groups in total. The minimum atomic E-state index is 0. The van der Waals surface area contributed by atoms with E-state index in [0.29, 0.717) is 24.9 Å². The zero-order valence-electron chi connectivity index (χ0n) is 18.1. The van der Waals surface area contributed by atoms with Crippen LogP contribution in [0.25, 0.3) is 11.5 Å². The number of oxazole rings is 1. The van der Waals surface area contributed by atoms with Gasteiger partial charge in [-0.05, 0) is 33.2 Å². The summed E-state index contributed by atoms with van der Waals surface area (Å²) in [5.41, 5.74) is 4.15. The molecule has 0 radical (unpaired) electrons. The molecule has 9 heteroatoms. The quantitative estimate of drug-likeness (QED) is 0.282. The monoisotopic (exact) mass is 523 g/mol. The number of rotatable bonds is 7. The molecule has 3 aromatic rings. The van der Waals surface area contributed by atoms with Crippen molar-refractivity contribution in [3.8, 4) is 11.5 Å². The Morgan fingerprint density at radius 3 is 2.57 bits per heavy atom. The molecule has 0 saturated carbocycles. The molecule has 2 aromatic heterocycles. The average molecular weight is 523 g/mol. The van der Waals surface area contributed by atoms with Gasteiger partial charge in [-0.25, -0.2) is 4.98 Å². The van der Waals surface area contributed by atoms with E-state index in [2.05, 4.69) is 51.6 Å². The summed E-state index contributed by atoms with van der Waals surface area (Å²) in [6.45, 7) is 3.28. The summed E-state index contributed by atoms with van der Waals surface area (Å²) in [6.07, 6.45) is 5.60. The lowest BCUT2D eigenvalue weighted by Crippen LogP contribution is -2.41. The number of halogens is 1. The van der Waals surface area contributed by atoms with Crippen molar-refractivity contribution in [1.82, 2.24) is 30.3 Å². The third kappa shape index (κ3) is 6.30. The third-order valence-corrected chi connectivity index (χ3v) is 4.71. The van der Waals surface area contributed by atoms with Crippen LogP contribution in [0.5, 0.6) is 0 Å². The number of aromatic nitrogens is 3. The zero-order valence-corrected chi connectivity index (χ0v) is 20.4. The normalized spacial score (nSPS) is 12.5. The molecule has 30 heavy (non-hydrogen) atoms. The first-order valence-electron chi connectivity index (χ1n) is 9.57. The highest BCUT2D eigenvalue weighted by Gasteiger charge is 2.16. The van der Waals surface area contributed by atoms with E-state index in [1.165, 1.54) is 5.56 Å². The van der Waals surface area contributed by atoms with Gasteiger partial charge in [0.15, 0.2) is 5.96 Å². The second-order valence-corrected chi connectivity index (χ2v) is 7.24. The molecule has 0 aliphatic carbocycles. The number of hydrogen-bond donors (Lipinski definition) is 2. The summed E-state index contributed by atoms with van der Waals surface area (Å²) in [6, 6.07) is 8.30. The van der Waals surface area contributed by atoms with E-state index in [1.807, 2.05) is 48.4 Å². The lowest BCUT2D eigenvalue weighted by molar-refractivity contribution is 0.298. The molecule has 0 fully saturated rings. The predicted molar refractivity (Wildman–Crippen MR) is 130 cm³/mol. The van der Waals surface area contributed by atoms with E-state index in [0.717, 1.165) is 16.8 Å². The SMILES string of the molecule is CN=C(NCc1coc(-c2ccc(C)cc2)n1)NCC(c1cnn(C)c1)N(C)C.I. The molecule has 162 valence electrons. The summed E-state index contributed by atoms with van der Waals surface area (Å²) in [5.74, 6) is 1.33. The van der Waals surface area contributed by atoms with Gasteiger partial charge in [-0.2, -0.15) is 5.10 Å². The Labute approximate surface area is 194 Å². The Hall–Kier alpha value is -2.40. The number of benzene rings is 1. The first-order valence-corrected chi connectivity index (χ1v) is 9.57. The van der Waals surface area contributed by atoms with Crippen molar-refractivity contribution in [2.45, 2.75) is 19.5 Å².